The molecular formula is C19H30N2O2. The number of carbonyl (C=O) groups is 1. The number of hydrogen-bond acceptors (Lipinski definition) is 3. The first-order chi connectivity index (χ1) is 10.8. The molecule has 1 aliphatic carbocycles. The Morgan fingerprint density at radius 2 is 1.96 bits per heavy atom. The van der Waals surface area contributed by atoms with Crippen molar-refractivity contribution < 1.29 is 9.90 Å². The number of amides is 1. The van der Waals surface area contributed by atoms with Crippen LogP contribution in [0.3, 0.4) is 0 Å². The van der Waals surface area contributed by atoms with Gasteiger partial charge >= 0.3 is 0 Å². The average molecular weight is 318 g/mol. The summed E-state index contributed by atoms with van der Waals surface area (Å²) >= 11 is 0. The number of rotatable bonds is 5. The first kappa shape index (κ1) is 18.0. The Morgan fingerprint density at radius 3 is 2.52 bits per heavy atom. The van der Waals surface area contributed by atoms with E-state index in [2.05, 4.69) is 26.1 Å². The number of nitrogens with two attached hydrogens (primary N) is 1. The molecule has 0 aromatic heterocycles. The lowest BCUT2D eigenvalue weighted by atomic mass is 9.86. The van der Waals surface area contributed by atoms with Crippen LogP contribution in [0.25, 0.3) is 0 Å². The maximum absolute atomic E-state index is 12.3. The lowest BCUT2D eigenvalue weighted by Crippen LogP contribution is -2.37. The summed E-state index contributed by atoms with van der Waals surface area (Å²) in [6, 6.07) is 7.97. The Hall–Kier alpha value is -1.39. The van der Waals surface area contributed by atoms with Crippen molar-refractivity contribution in [2.24, 2.45) is 17.6 Å². The molecule has 0 aliphatic heterocycles. The highest BCUT2D eigenvalue weighted by atomic mass is 16.3. The van der Waals surface area contributed by atoms with Crippen LogP contribution in [0.2, 0.25) is 0 Å². The Labute approximate surface area is 139 Å². The fourth-order valence-corrected chi connectivity index (χ4v) is 3.32. The van der Waals surface area contributed by atoms with Crippen LogP contribution in [-0.4, -0.2) is 24.1 Å². The van der Waals surface area contributed by atoms with Gasteiger partial charge in [-0.25, -0.2) is 0 Å². The first-order valence-corrected chi connectivity index (χ1v) is 8.59. The van der Waals surface area contributed by atoms with Gasteiger partial charge in [0.2, 0.25) is 5.91 Å². The highest BCUT2D eigenvalue weighted by Gasteiger charge is 2.31. The quantitative estimate of drug-likeness (QED) is 0.781. The summed E-state index contributed by atoms with van der Waals surface area (Å²) in [6.45, 7) is 7.30. The standard InChI is InChI=1S/C19H30N2O2/c1-19(2,3)15-9-7-13(8-10-15)17(22)12-21-18(23)16-6-4-5-14(16)11-20/h7-10,14,16-17,22H,4-6,11-12,20H2,1-3H3,(H,21,23)/t14-,16-,17?/m1/s1. The van der Waals surface area contributed by atoms with Crippen molar-refractivity contribution in [3.63, 3.8) is 0 Å². The van der Waals surface area contributed by atoms with Gasteiger partial charge in [-0.05, 0) is 41.8 Å². The van der Waals surface area contributed by atoms with E-state index in [1.807, 2.05) is 24.3 Å². The second-order valence-corrected chi connectivity index (χ2v) is 7.67. The average Bonchev–Trinajstić information content (AvgIpc) is 3.00. The van der Waals surface area contributed by atoms with Gasteiger partial charge in [0.15, 0.2) is 0 Å². The third-order valence-corrected chi connectivity index (χ3v) is 4.93. The molecule has 4 N–H and O–H groups in total. The van der Waals surface area contributed by atoms with E-state index in [9.17, 15) is 9.90 Å². The van der Waals surface area contributed by atoms with Gasteiger partial charge in [-0.15, -0.1) is 0 Å². The summed E-state index contributed by atoms with van der Waals surface area (Å²) in [5.74, 6) is 0.331. The van der Waals surface area contributed by atoms with Crippen LogP contribution in [0.5, 0.6) is 0 Å². The van der Waals surface area contributed by atoms with Crippen molar-refractivity contribution in [2.75, 3.05) is 13.1 Å². The van der Waals surface area contributed by atoms with Gasteiger partial charge in [-0.1, -0.05) is 51.5 Å². The topological polar surface area (TPSA) is 75.3 Å². The molecule has 0 heterocycles. The Morgan fingerprint density at radius 1 is 1.30 bits per heavy atom. The zero-order chi connectivity index (χ0) is 17.0. The number of aliphatic hydroxyl groups excluding tert-OH is 1. The van der Waals surface area contributed by atoms with Crippen molar-refractivity contribution in [3.8, 4) is 0 Å². The van der Waals surface area contributed by atoms with Gasteiger partial charge in [0, 0.05) is 12.5 Å². The summed E-state index contributed by atoms with van der Waals surface area (Å²) in [5.41, 5.74) is 7.89. The Bertz CT molecular complexity index is 519. The number of benzene rings is 1. The maximum Gasteiger partial charge on any atom is 0.223 e. The molecule has 0 bridgehead atoms. The van der Waals surface area contributed by atoms with Crippen molar-refractivity contribution in [3.05, 3.63) is 35.4 Å². The summed E-state index contributed by atoms with van der Waals surface area (Å²) in [6.07, 6.45) is 2.33. The second-order valence-electron chi connectivity index (χ2n) is 7.67. The smallest absolute Gasteiger partial charge is 0.223 e. The Balaban J connectivity index is 1.89. The van der Waals surface area contributed by atoms with E-state index in [1.54, 1.807) is 0 Å². The molecule has 1 aromatic carbocycles. The van der Waals surface area contributed by atoms with Gasteiger partial charge in [-0.3, -0.25) is 4.79 Å². The minimum atomic E-state index is -0.675. The molecule has 4 nitrogen and oxygen atoms in total. The molecule has 23 heavy (non-hydrogen) atoms. The lowest BCUT2D eigenvalue weighted by Gasteiger charge is -2.21. The van der Waals surface area contributed by atoms with Crippen molar-refractivity contribution >= 4 is 5.91 Å². The van der Waals surface area contributed by atoms with E-state index >= 15 is 0 Å². The first-order valence-electron chi connectivity index (χ1n) is 8.59. The monoisotopic (exact) mass is 318 g/mol. The van der Waals surface area contributed by atoms with E-state index < -0.39 is 6.10 Å². The molecule has 3 atom stereocenters. The molecule has 1 aromatic rings. The molecule has 1 unspecified atom stereocenters. The number of carbonyl (C=O) groups excluding carboxylic acids is 1. The van der Waals surface area contributed by atoms with Crippen molar-refractivity contribution in [1.29, 1.82) is 0 Å². The van der Waals surface area contributed by atoms with Crippen molar-refractivity contribution in [1.82, 2.24) is 5.32 Å². The van der Waals surface area contributed by atoms with Crippen molar-refractivity contribution in [2.45, 2.75) is 51.6 Å². The fourth-order valence-electron chi connectivity index (χ4n) is 3.32. The molecule has 128 valence electrons. The van der Waals surface area contributed by atoms with E-state index in [0.717, 1.165) is 24.8 Å². The molecular weight excluding hydrogens is 288 g/mol. The summed E-state index contributed by atoms with van der Waals surface area (Å²) in [4.78, 5) is 12.3. The molecule has 1 aliphatic rings. The van der Waals surface area contributed by atoms with Crippen LogP contribution in [-0.2, 0) is 10.2 Å². The molecule has 2 rings (SSSR count). The largest absolute Gasteiger partial charge is 0.387 e. The van der Waals surface area contributed by atoms with Crippen LogP contribution in [0, 0.1) is 11.8 Å². The molecule has 1 saturated carbocycles. The third-order valence-electron chi connectivity index (χ3n) is 4.93. The molecule has 1 amide bonds. The number of nitrogens with one attached hydrogen (secondary N) is 1. The van der Waals surface area contributed by atoms with E-state index in [1.165, 1.54) is 5.56 Å². The number of hydrogen-bond donors (Lipinski definition) is 3. The predicted molar refractivity (Wildman–Crippen MR) is 93.0 cm³/mol. The molecule has 4 heteroatoms. The van der Waals surface area contributed by atoms with Gasteiger partial charge < -0.3 is 16.2 Å². The highest BCUT2D eigenvalue weighted by Crippen LogP contribution is 2.31. The lowest BCUT2D eigenvalue weighted by molar-refractivity contribution is -0.126. The molecule has 0 saturated heterocycles. The van der Waals surface area contributed by atoms with E-state index in [0.29, 0.717) is 12.5 Å². The van der Waals surface area contributed by atoms with E-state index in [-0.39, 0.29) is 23.8 Å². The summed E-state index contributed by atoms with van der Waals surface area (Å²) in [5, 5.41) is 13.2. The van der Waals surface area contributed by atoms with Crippen LogP contribution < -0.4 is 11.1 Å². The predicted octanol–water partition coefficient (Wildman–Crippen LogP) is 2.51. The fraction of sp³-hybridized carbons (Fsp3) is 0.632. The Kier molecular flexibility index (Phi) is 5.82. The van der Waals surface area contributed by atoms with Gasteiger partial charge in [-0.2, -0.15) is 0 Å². The minimum absolute atomic E-state index is 0.00969. The zero-order valence-corrected chi connectivity index (χ0v) is 14.5. The molecule has 0 spiro atoms. The third kappa shape index (κ3) is 4.55. The van der Waals surface area contributed by atoms with Gasteiger partial charge in [0.1, 0.15) is 0 Å². The van der Waals surface area contributed by atoms with Crippen LogP contribution in [0.15, 0.2) is 24.3 Å². The number of aliphatic hydroxyl groups is 1. The SMILES string of the molecule is CC(C)(C)c1ccc(C(O)CNC(=O)[C@@H]2CCC[C@@H]2CN)cc1. The summed E-state index contributed by atoms with van der Waals surface area (Å²) < 4.78 is 0. The van der Waals surface area contributed by atoms with E-state index in [4.69, 9.17) is 5.73 Å². The van der Waals surface area contributed by atoms with Crippen LogP contribution in [0.1, 0.15) is 57.3 Å². The highest BCUT2D eigenvalue weighted by molar-refractivity contribution is 5.79. The summed E-state index contributed by atoms with van der Waals surface area (Å²) in [7, 11) is 0. The maximum atomic E-state index is 12.3. The zero-order valence-electron chi connectivity index (χ0n) is 14.5. The molecule has 0 radical (unpaired) electrons. The van der Waals surface area contributed by atoms with Crippen LogP contribution >= 0.6 is 0 Å². The molecule has 1 fully saturated rings. The second kappa shape index (κ2) is 7.45. The van der Waals surface area contributed by atoms with Crippen LogP contribution in [0.4, 0.5) is 0 Å². The van der Waals surface area contributed by atoms with Gasteiger partial charge in [0.05, 0.1) is 6.10 Å². The van der Waals surface area contributed by atoms with Gasteiger partial charge in [0.25, 0.3) is 0 Å². The normalized spacial score (nSPS) is 22.8. The minimum Gasteiger partial charge on any atom is -0.387 e.